The molecule has 0 amide bonds. The Hall–Kier alpha value is 0.270. The third kappa shape index (κ3) is 3.15. The fourth-order valence-electron chi connectivity index (χ4n) is 2.23. The Labute approximate surface area is 84.7 Å². The molecule has 3 heteroatoms. The average Bonchev–Trinajstić information content (AvgIpc) is 2.04. The van der Waals surface area contributed by atoms with Gasteiger partial charge in [0.1, 0.15) is 0 Å². The van der Waals surface area contributed by atoms with Crippen molar-refractivity contribution in [1.82, 2.24) is 0 Å². The molecule has 0 aliphatic carbocycles. The van der Waals surface area contributed by atoms with Crippen molar-refractivity contribution >= 4 is 11.8 Å². The van der Waals surface area contributed by atoms with E-state index in [1.54, 1.807) is 0 Å². The second-order valence-corrected chi connectivity index (χ2v) is 5.41. The van der Waals surface area contributed by atoms with Crippen LogP contribution >= 0.6 is 11.8 Å². The zero-order valence-corrected chi connectivity index (χ0v) is 9.26. The van der Waals surface area contributed by atoms with Crippen LogP contribution in [0.25, 0.3) is 0 Å². The molecule has 78 valence electrons. The minimum atomic E-state index is -1.13. The van der Waals surface area contributed by atoms with Crippen LogP contribution in [0.1, 0.15) is 26.7 Å². The monoisotopic (exact) mass is 204 g/mol. The smallest absolute Gasteiger partial charge is 0.154 e. The van der Waals surface area contributed by atoms with E-state index in [4.69, 9.17) is 0 Å². The maximum Gasteiger partial charge on any atom is 0.154 e. The van der Waals surface area contributed by atoms with E-state index in [1.807, 2.05) is 11.8 Å². The topological polar surface area (TPSA) is 40.5 Å². The van der Waals surface area contributed by atoms with Crippen molar-refractivity contribution in [2.75, 3.05) is 11.5 Å². The molecule has 1 saturated heterocycles. The van der Waals surface area contributed by atoms with Crippen molar-refractivity contribution in [3.05, 3.63) is 0 Å². The first-order valence-electron chi connectivity index (χ1n) is 5.06. The molecule has 0 aromatic heterocycles. The first kappa shape index (κ1) is 11.3. The minimum Gasteiger partial charge on any atom is -0.368 e. The summed E-state index contributed by atoms with van der Waals surface area (Å²) in [5.74, 6) is 3.32. The molecule has 1 heterocycles. The lowest BCUT2D eigenvalue weighted by Crippen LogP contribution is -2.34. The normalized spacial score (nSPS) is 22.6. The molecule has 0 saturated carbocycles. The highest BCUT2D eigenvalue weighted by Crippen LogP contribution is 2.34. The van der Waals surface area contributed by atoms with Crippen molar-refractivity contribution in [1.29, 1.82) is 0 Å². The van der Waals surface area contributed by atoms with Crippen LogP contribution in [0.3, 0.4) is 0 Å². The van der Waals surface area contributed by atoms with E-state index in [-0.39, 0.29) is 5.92 Å². The lowest BCUT2D eigenvalue weighted by molar-refractivity contribution is -0.115. The van der Waals surface area contributed by atoms with E-state index in [9.17, 15) is 10.2 Å². The van der Waals surface area contributed by atoms with E-state index in [2.05, 4.69) is 13.8 Å². The van der Waals surface area contributed by atoms with E-state index in [0.29, 0.717) is 11.8 Å². The molecular formula is C10H20O2S. The van der Waals surface area contributed by atoms with Gasteiger partial charge in [-0.3, -0.25) is 0 Å². The van der Waals surface area contributed by atoms with E-state index < -0.39 is 6.29 Å². The summed E-state index contributed by atoms with van der Waals surface area (Å²) in [5, 5.41) is 18.6. The van der Waals surface area contributed by atoms with E-state index in [1.165, 1.54) is 11.5 Å². The minimum absolute atomic E-state index is 0.0703. The molecule has 1 unspecified atom stereocenters. The Balaban J connectivity index is 2.52. The van der Waals surface area contributed by atoms with Gasteiger partial charge in [-0.15, -0.1) is 0 Å². The van der Waals surface area contributed by atoms with Gasteiger partial charge in [0, 0.05) is 5.92 Å². The molecule has 0 spiro atoms. The Morgan fingerprint density at radius 2 is 1.69 bits per heavy atom. The zero-order valence-electron chi connectivity index (χ0n) is 8.44. The largest absolute Gasteiger partial charge is 0.368 e. The number of hydrogen-bond acceptors (Lipinski definition) is 3. The molecule has 1 aliphatic heterocycles. The Morgan fingerprint density at radius 3 is 2.08 bits per heavy atom. The molecule has 0 aromatic carbocycles. The average molecular weight is 204 g/mol. The Bertz CT molecular complexity index is 134. The fraction of sp³-hybridized carbons (Fsp3) is 1.00. The SMILES string of the molecule is CC(C)C(C(O)O)C1CCSCC1. The summed E-state index contributed by atoms with van der Waals surface area (Å²) in [5.41, 5.74) is 0. The molecule has 2 nitrogen and oxygen atoms in total. The van der Waals surface area contributed by atoms with Gasteiger partial charge in [0.15, 0.2) is 6.29 Å². The molecule has 0 radical (unpaired) electrons. The van der Waals surface area contributed by atoms with Crippen molar-refractivity contribution < 1.29 is 10.2 Å². The van der Waals surface area contributed by atoms with Gasteiger partial charge in [-0.25, -0.2) is 0 Å². The predicted molar refractivity (Wildman–Crippen MR) is 56.6 cm³/mol. The second-order valence-electron chi connectivity index (χ2n) is 4.18. The van der Waals surface area contributed by atoms with Gasteiger partial charge >= 0.3 is 0 Å². The van der Waals surface area contributed by atoms with Gasteiger partial charge in [0.2, 0.25) is 0 Å². The lowest BCUT2D eigenvalue weighted by atomic mass is 9.79. The molecular weight excluding hydrogens is 184 g/mol. The maximum atomic E-state index is 9.28. The first-order chi connectivity index (χ1) is 6.13. The summed E-state index contributed by atoms with van der Waals surface area (Å²) < 4.78 is 0. The highest BCUT2D eigenvalue weighted by Gasteiger charge is 2.30. The molecule has 1 aliphatic rings. The van der Waals surface area contributed by atoms with Gasteiger partial charge in [0.05, 0.1) is 0 Å². The number of thioether (sulfide) groups is 1. The number of aliphatic hydroxyl groups is 2. The van der Waals surface area contributed by atoms with Crippen LogP contribution < -0.4 is 0 Å². The van der Waals surface area contributed by atoms with Crippen LogP contribution in [-0.4, -0.2) is 28.0 Å². The third-order valence-electron chi connectivity index (χ3n) is 2.92. The summed E-state index contributed by atoms with van der Waals surface area (Å²) in [7, 11) is 0. The van der Waals surface area contributed by atoms with Crippen molar-refractivity contribution in [2.24, 2.45) is 17.8 Å². The molecule has 1 fully saturated rings. The Morgan fingerprint density at radius 1 is 1.15 bits per heavy atom. The Kier molecular flexibility index (Phi) is 4.56. The van der Waals surface area contributed by atoms with Crippen LogP contribution in [-0.2, 0) is 0 Å². The highest BCUT2D eigenvalue weighted by atomic mass is 32.2. The van der Waals surface area contributed by atoms with Crippen molar-refractivity contribution in [3.63, 3.8) is 0 Å². The molecule has 0 aromatic rings. The van der Waals surface area contributed by atoms with Crippen LogP contribution in [0.4, 0.5) is 0 Å². The maximum absolute atomic E-state index is 9.28. The standard InChI is InChI=1S/C10H20O2S/c1-7(2)9(10(11)12)8-3-5-13-6-4-8/h7-12H,3-6H2,1-2H3. The van der Waals surface area contributed by atoms with Crippen LogP contribution in [0.15, 0.2) is 0 Å². The zero-order chi connectivity index (χ0) is 9.84. The molecule has 13 heavy (non-hydrogen) atoms. The summed E-state index contributed by atoms with van der Waals surface area (Å²) in [6.07, 6.45) is 1.16. The van der Waals surface area contributed by atoms with Crippen molar-refractivity contribution in [2.45, 2.75) is 33.0 Å². The van der Waals surface area contributed by atoms with Crippen LogP contribution in [0.5, 0.6) is 0 Å². The molecule has 0 bridgehead atoms. The van der Waals surface area contributed by atoms with Gasteiger partial charge in [-0.05, 0) is 36.2 Å². The quantitative estimate of drug-likeness (QED) is 0.688. The van der Waals surface area contributed by atoms with Gasteiger partial charge < -0.3 is 10.2 Å². The number of aliphatic hydroxyl groups excluding tert-OH is 1. The van der Waals surface area contributed by atoms with Crippen molar-refractivity contribution in [3.8, 4) is 0 Å². The molecule has 2 N–H and O–H groups in total. The highest BCUT2D eigenvalue weighted by molar-refractivity contribution is 7.99. The predicted octanol–water partition coefficient (Wildman–Crippen LogP) is 1.71. The summed E-state index contributed by atoms with van der Waals surface area (Å²) in [6.45, 7) is 4.15. The number of hydrogen-bond donors (Lipinski definition) is 2. The van der Waals surface area contributed by atoms with E-state index in [0.717, 1.165) is 12.8 Å². The van der Waals surface area contributed by atoms with Crippen LogP contribution in [0.2, 0.25) is 0 Å². The van der Waals surface area contributed by atoms with Gasteiger partial charge in [0.25, 0.3) is 0 Å². The third-order valence-corrected chi connectivity index (χ3v) is 3.97. The lowest BCUT2D eigenvalue weighted by Gasteiger charge is -2.33. The number of rotatable bonds is 3. The first-order valence-corrected chi connectivity index (χ1v) is 6.22. The van der Waals surface area contributed by atoms with E-state index >= 15 is 0 Å². The second kappa shape index (κ2) is 5.23. The summed E-state index contributed by atoms with van der Waals surface area (Å²) in [4.78, 5) is 0. The molecule has 1 atom stereocenters. The van der Waals surface area contributed by atoms with Gasteiger partial charge in [-0.1, -0.05) is 13.8 Å². The summed E-state index contributed by atoms with van der Waals surface area (Å²) in [6, 6.07) is 0. The summed E-state index contributed by atoms with van der Waals surface area (Å²) >= 11 is 1.98. The van der Waals surface area contributed by atoms with Crippen LogP contribution in [0, 0.1) is 17.8 Å². The fourth-order valence-corrected chi connectivity index (χ4v) is 3.38. The molecule has 1 rings (SSSR count). The van der Waals surface area contributed by atoms with Gasteiger partial charge in [-0.2, -0.15) is 11.8 Å².